The van der Waals surface area contributed by atoms with Crippen LogP contribution >= 0.6 is 0 Å². The van der Waals surface area contributed by atoms with Crippen molar-refractivity contribution in [3.63, 3.8) is 0 Å². The monoisotopic (exact) mass is 262 g/mol. The molecular formula is C12H11BrN2. The molecule has 0 amide bonds. The molecule has 15 heavy (non-hydrogen) atoms. The van der Waals surface area contributed by atoms with Crippen LogP contribution in [-0.2, 0) is 6.54 Å². The Morgan fingerprint density at radius 2 is 2.13 bits per heavy atom. The second kappa shape index (κ2) is 4.81. The van der Waals surface area contributed by atoms with Crippen molar-refractivity contribution in [3.8, 4) is 12.3 Å². The molecule has 0 radical (unpaired) electrons. The molecule has 0 fully saturated rings. The van der Waals surface area contributed by atoms with Crippen LogP contribution in [0.25, 0.3) is 10.8 Å². The van der Waals surface area contributed by atoms with Gasteiger partial charge in [-0.2, -0.15) is 4.57 Å². The zero-order valence-corrected chi connectivity index (χ0v) is 9.74. The summed E-state index contributed by atoms with van der Waals surface area (Å²) in [4.78, 5) is 0. The second-order valence-corrected chi connectivity index (χ2v) is 3.17. The molecule has 0 bridgehead atoms. The van der Waals surface area contributed by atoms with Gasteiger partial charge in [0.15, 0.2) is 12.4 Å². The van der Waals surface area contributed by atoms with Gasteiger partial charge in [-0.1, -0.05) is 6.07 Å². The minimum Gasteiger partial charge on any atom is -1.00 e. The lowest BCUT2D eigenvalue weighted by Gasteiger charge is -1.99. The number of benzene rings is 1. The van der Waals surface area contributed by atoms with Crippen molar-refractivity contribution in [2.45, 2.75) is 6.54 Å². The van der Waals surface area contributed by atoms with Crippen molar-refractivity contribution >= 4 is 16.5 Å². The van der Waals surface area contributed by atoms with Crippen molar-refractivity contribution in [3.05, 3.63) is 36.7 Å². The third kappa shape index (κ3) is 2.28. The van der Waals surface area contributed by atoms with E-state index in [1.54, 1.807) is 0 Å². The highest BCUT2D eigenvalue weighted by Gasteiger charge is 2.02. The SMILES string of the molecule is C#CC[n+]1ccc2c(N)cccc2c1.[Br-]. The molecule has 0 saturated carbocycles. The number of nitrogens with two attached hydrogens (primary N) is 1. The summed E-state index contributed by atoms with van der Waals surface area (Å²) in [5.74, 6) is 2.60. The molecule has 0 spiro atoms. The van der Waals surface area contributed by atoms with Crippen LogP contribution in [0.2, 0.25) is 0 Å². The van der Waals surface area contributed by atoms with Crippen molar-refractivity contribution < 1.29 is 21.5 Å². The molecular weight excluding hydrogens is 252 g/mol. The lowest BCUT2D eigenvalue weighted by Crippen LogP contribution is -3.00. The number of pyridine rings is 1. The van der Waals surface area contributed by atoms with Crippen molar-refractivity contribution in [1.29, 1.82) is 0 Å². The number of anilines is 1. The van der Waals surface area contributed by atoms with Crippen molar-refractivity contribution in [2.24, 2.45) is 0 Å². The summed E-state index contributed by atoms with van der Waals surface area (Å²) in [7, 11) is 0. The summed E-state index contributed by atoms with van der Waals surface area (Å²) in [6, 6.07) is 7.85. The van der Waals surface area contributed by atoms with Crippen LogP contribution in [0.4, 0.5) is 5.69 Å². The van der Waals surface area contributed by atoms with Gasteiger partial charge >= 0.3 is 0 Å². The number of nitrogens with zero attached hydrogens (tertiary/aromatic N) is 1. The molecule has 2 rings (SSSR count). The van der Waals surface area contributed by atoms with Gasteiger partial charge in [0.05, 0.1) is 0 Å². The van der Waals surface area contributed by atoms with Crippen LogP contribution < -0.4 is 27.3 Å². The predicted octanol–water partition coefficient (Wildman–Crippen LogP) is -1.65. The molecule has 0 aliphatic rings. The maximum Gasteiger partial charge on any atom is 0.208 e. The Hall–Kier alpha value is -1.53. The minimum atomic E-state index is 0. The Balaban J connectivity index is 0.00000112. The van der Waals surface area contributed by atoms with E-state index in [4.69, 9.17) is 12.2 Å². The molecule has 3 heteroatoms. The molecule has 0 saturated heterocycles. The van der Waals surface area contributed by atoms with Crippen LogP contribution in [0.5, 0.6) is 0 Å². The van der Waals surface area contributed by atoms with Gasteiger partial charge in [-0.15, -0.1) is 6.42 Å². The zero-order valence-electron chi connectivity index (χ0n) is 8.15. The van der Waals surface area contributed by atoms with E-state index < -0.39 is 0 Å². The molecule has 1 heterocycles. The van der Waals surface area contributed by atoms with Gasteiger partial charge in [0.1, 0.15) is 0 Å². The molecule has 0 aliphatic heterocycles. The molecule has 2 nitrogen and oxygen atoms in total. The van der Waals surface area contributed by atoms with E-state index in [0.717, 1.165) is 16.5 Å². The normalized spacial score (nSPS) is 9.27. The summed E-state index contributed by atoms with van der Waals surface area (Å²) in [6.45, 7) is 0.588. The second-order valence-electron chi connectivity index (χ2n) is 3.17. The number of hydrogen-bond acceptors (Lipinski definition) is 1. The van der Waals surface area contributed by atoms with Crippen LogP contribution in [0.1, 0.15) is 0 Å². The highest BCUT2D eigenvalue weighted by atomic mass is 79.9. The average molecular weight is 263 g/mol. The molecule has 0 unspecified atom stereocenters. The molecule has 0 atom stereocenters. The van der Waals surface area contributed by atoms with Gasteiger partial charge in [-0.3, -0.25) is 0 Å². The van der Waals surface area contributed by atoms with E-state index in [-0.39, 0.29) is 17.0 Å². The topological polar surface area (TPSA) is 29.9 Å². The number of nitrogen functional groups attached to an aromatic ring is 1. The van der Waals surface area contributed by atoms with Crippen molar-refractivity contribution in [2.75, 3.05) is 5.73 Å². The van der Waals surface area contributed by atoms with Crippen LogP contribution in [0, 0.1) is 12.3 Å². The lowest BCUT2D eigenvalue weighted by molar-refractivity contribution is -0.683. The smallest absolute Gasteiger partial charge is 0.208 e. The van der Waals surface area contributed by atoms with Gasteiger partial charge in [-0.05, 0) is 18.1 Å². The van der Waals surface area contributed by atoms with Gasteiger partial charge in [-0.25, -0.2) is 0 Å². The molecule has 1 aromatic heterocycles. The van der Waals surface area contributed by atoms with Gasteiger partial charge < -0.3 is 22.7 Å². The highest BCUT2D eigenvalue weighted by Crippen LogP contribution is 2.17. The third-order valence-electron chi connectivity index (χ3n) is 2.19. The largest absolute Gasteiger partial charge is 1.00 e. The fourth-order valence-corrected chi connectivity index (χ4v) is 1.50. The first kappa shape index (κ1) is 11.5. The maximum atomic E-state index is 5.83. The first-order valence-electron chi connectivity index (χ1n) is 4.42. The zero-order chi connectivity index (χ0) is 9.97. The maximum absolute atomic E-state index is 5.83. The van der Waals surface area contributed by atoms with Crippen LogP contribution in [-0.4, -0.2) is 0 Å². The Labute approximate surface area is 99.5 Å². The Morgan fingerprint density at radius 3 is 2.87 bits per heavy atom. The summed E-state index contributed by atoms with van der Waals surface area (Å²) in [5.41, 5.74) is 6.63. The van der Waals surface area contributed by atoms with Gasteiger partial charge in [0.25, 0.3) is 0 Å². The molecule has 0 aliphatic carbocycles. The standard InChI is InChI=1S/C12H11N2.BrH/c1-2-7-14-8-6-11-10(9-14)4-3-5-12(11)13;/h1,3-6,8-9H,7,13H2;1H/q+1;/p-1. The minimum absolute atomic E-state index is 0. The number of rotatable bonds is 1. The number of aromatic nitrogens is 1. The van der Waals surface area contributed by atoms with Crippen LogP contribution in [0.15, 0.2) is 36.7 Å². The summed E-state index contributed by atoms with van der Waals surface area (Å²) in [5, 5.41) is 2.18. The van der Waals surface area contributed by atoms with Gasteiger partial charge in [0.2, 0.25) is 6.54 Å². The van der Waals surface area contributed by atoms with Gasteiger partial charge in [0, 0.05) is 22.5 Å². The molecule has 2 aromatic rings. The quantitative estimate of drug-likeness (QED) is 0.373. The number of fused-ring (bicyclic) bond motifs is 1. The summed E-state index contributed by atoms with van der Waals surface area (Å²) >= 11 is 0. The van der Waals surface area contributed by atoms with E-state index >= 15 is 0 Å². The molecule has 1 aromatic carbocycles. The van der Waals surface area contributed by atoms with Crippen LogP contribution in [0.3, 0.4) is 0 Å². The Kier molecular flexibility index (Phi) is 3.70. The van der Waals surface area contributed by atoms with E-state index in [0.29, 0.717) is 6.54 Å². The van der Waals surface area contributed by atoms with E-state index in [1.807, 2.05) is 41.2 Å². The first-order chi connectivity index (χ1) is 6.81. The van der Waals surface area contributed by atoms with E-state index in [2.05, 4.69) is 5.92 Å². The average Bonchev–Trinajstić information content (AvgIpc) is 2.18. The predicted molar refractivity (Wildman–Crippen MR) is 57.4 cm³/mol. The summed E-state index contributed by atoms with van der Waals surface area (Å²) < 4.78 is 1.96. The fraction of sp³-hybridized carbons (Fsp3) is 0.0833. The number of hydrogen-bond donors (Lipinski definition) is 1. The number of terminal acetylenes is 1. The third-order valence-corrected chi connectivity index (χ3v) is 2.19. The summed E-state index contributed by atoms with van der Waals surface area (Å²) in [6.07, 6.45) is 9.19. The first-order valence-corrected chi connectivity index (χ1v) is 4.42. The number of halogens is 1. The lowest BCUT2D eigenvalue weighted by atomic mass is 10.1. The van der Waals surface area contributed by atoms with Crippen molar-refractivity contribution in [1.82, 2.24) is 0 Å². The Bertz CT molecular complexity index is 515. The highest BCUT2D eigenvalue weighted by molar-refractivity contribution is 5.91. The Morgan fingerprint density at radius 1 is 1.33 bits per heavy atom. The van der Waals surface area contributed by atoms with E-state index in [1.165, 1.54) is 0 Å². The van der Waals surface area contributed by atoms with E-state index in [9.17, 15) is 0 Å². The fourth-order valence-electron chi connectivity index (χ4n) is 1.50. The molecule has 76 valence electrons. The molecule has 2 N–H and O–H groups in total.